The van der Waals surface area contributed by atoms with Crippen LogP contribution in [0.2, 0.25) is 0 Å². The van der Waals surface area contributed by atoms with Gasteiger partial charge in [0, 0.05) is 31.9 Å². The Kier molecular flexibility index (Phi) is 5.69. The van der Waals surface area contributed by atoms with E-state index in [-0.39, 0.29) is 0 Å². The molecular weight excluding hydrogens is 298 g/mol. The second kappa shape index (κ2) is 7.33. The Bertz CT molecular complexity index is 589. The highest BCUT2D eigenvalue weighted by Crippen LogP contribution is 2.31. The summed E-state index contributed by atoms with van der Waals surface area (Å²) >= 11 is 0. The van der Waals surface area contributed by atoms with Crippen molar-refractivity contribution in [3.63, 3.8) is 0 Å². The number of hydrogen-bond donors (Lipinski definition) is 1. The fourth-order valence-corrected chi connectivity index (χ4v) is 4.72. The number of benzene rings is 1. The van der Waals surface area contributed by atoms with Gasteiger partial charge in [0.05, 0.1) is 5.69 Å². The van der Waals surface area contributed by atoms with Gasteiger partial charge in [-0.25, -0.2) is 8.42 Å². The zero-order chi connectivity index (χ0) is 16.2. The van der Waals surface area contributed by atoms with Crippen molar-refractivity contribution in [1.29, 1.82) is 0 Å². The van der Waals surface area contributed by atoms with Gasteiger partial charge in [0.1, 0.15) is 4.90 Å². The Morgan fingerprint density at radius 3 is 2.23 bits per heavy atom. The van der Waals surface area contributed by atoms with E-state index < -0.39 is 10.0 Å². The predicted octanol–water partition coefficient (Wildman–Crippen LogP) is 2.68. The first-order valence-corrected chi connectivity index (χ1v) is 9.59. The summed E-state index contributed by atoms with van der Waals surface area (Å²) in [5.74, 6) is 0. The Morgan fingerprint density at radius 2 is 1.68 bits per heavy atom. The molecule has 124 valence electrons. The van der Waals surface area contributed by atoms with Crippen molar-refractivity contribution in [2.45, 2.75) is 44.4 Å². The number of rotatable bonds is 5. The summed E-state index contributed by atoms with van der Waals surface area (Å²) < 4.78 is 27.4. The molecule has 2 rings (SSSR count). The molecular formula is C16H27N3O2S. The molecule has 1 aromatic carbocycles. The summed E-state index contributed by atoms with van der Waals surface area (Å²) in [7, 11) is -3.50. The zero-order valence-corrected chi connectivity index (χ0v) is 14.4. The summed E-state index contributed by atoms with van der Waals surface area (Å²) in [5.41, 5.74) is 7.15. The maximum Gasteiger partial charge on any atom is 0.245 e. The zero-order valence-electron chi connectivity index (χ0n) is 13.6. The minimum atomic E-state index is -3.50. The molecule has 0 spiro atoms. The van der Waals surface area contributed by atoms with Crippen molar-refractivity contribution < 1.29 is 8.42 Å². The largest absolute Gasteiger partial charge is 0.399 e. The topological polar surface area (TPSA) is 66.6 Å². The number of hydrogen-bond acceptors (Lipinski definition) is 4. The number of nitrogens with zero attached hydrogens (tertiary/aromatic N) is 2. The van der Waals surface area contributed by atoms with Gasteiger partial charge in [-0.2, -0.15) is 4.31 Å². The van der Waals surface area contributed by atoms with Crippen molar-refractivity contribution in [1.82, 2.24) is 4.31 Å². The minimum absolute atomic E-state index is 0.345. The van der Waals surface area contributed by atoms with Gasteiger partial charge in [0.25, 0.3) is 0 Å². The third-order valence-corrected chi connectivity index (χ3v) is 6.33. The van der Waals surface area contributed by atoms with Crippen LogP contribution in [-0.2, 0) is 10.0 Å². The summed E-state index contributed by atoms with van der Waals surface area (Å²) in [6.45, 7) is 6.47. The maximum absolute atomic E-state index is 12.9. The van der Waals surface area contributed by atoms with Crippen LogP contribution in [0.1, 0.15) is 39.5 Å². The summed E-state index contributed by atoms with van der Waals surface area (Å²) in [6.07, 6.45) is 4.64. The Hall–Kier alpha value is -1.27. The lowest BCUT2D eigenvalue weighted by molar-refractivity contribution is 0.445. The van der Waals surface area contributed by atoms with Gasteiger partial charge in [-0.3, -0.25) is 0 Å². The molecule has 1 aliphatic rings. The van der Waals surface area contributed by atoms with Crippen molar-refractivity contribution in [3.05, 3.63) is 18.2 Å². The van der Waals surface area contributed by atoms with E-state index in [4.69, 9.17) is 5.73 Å². The molecule has 1 saturated heterocycles. The molecule has 5 nitrogen and oxygen atoms in total. The van der Waals surface area contributed by atoms with Crippen LogP contribution in [0.15, 0.2) is 23.1 Å². The van der Waals surface area contributed by atoms with Crippen LogP contribution in [0.3, 0.4) is 0 Å². The van der Waals surface area contributed by atoms with E-state index in [1.54, 1.807) is 12.1 Å². The van der Waals surface area contributed by atoms with Gasteiger partial charge < -0.3 is 10.6 Å². The van der Waals surface area contributed by atoms with Gasteiger partial charge in [-0.15, -0.1) is 0 Å². The molecule has 0 aliphatic carbocycles. The van der Waals surface area contributed by atoms with Crippen molar-refractivity contribution in [2.24, 2.45) is 0 Å². The highest BCUT2D eigenvalue weighted by atomic mass is 32.2. The Balaban J connectivity index is 2.47. The van der Waals surface area contributed by atoms with Crippen LogP contribution in [0, 0.1) is 0 Å². The van der Waals surface area contributed by atoms with Gasteiger partial charge >= 0.3 is 0 Å². The SMILES string of the molecule is CCN(CC)S(=O)(=O)c1cc(N)ccc1N1CCCCCC1. The molecule has 0 amide bonds. The average Bonchev–Trinajstić information content (AvgIpc) is 2.77. The molecule has 1 aliphatic heterocycles. The highest BCUT2D eigenvalue weighted by Gasteiger charge is 2.27. The van der Waals surface area contributed by atoms with Crippen LogP contribution in [0.25, 0.3) is 0 Å². The van der Waals surface area contributed by atoms with Crippen LogP contribution >= 0.6 is 0 Å². The van der Waals surface area contributed by atoms with Crippen LogP contribution in [0.5, 0.6) is 0 Å². The van der Waals surface area contributed by atoms with Crippen LogP contribution in [-0.4, -0.2) is 38.9 Å². The van der Waals surface area contributed by atoms with E-state index in [9.17, 15) is 8.42 Å². The smallest absolute Gasteiger partial charge is 0.245 e. The number of anilines is 2. The first-order valence-electron chi connectivity index (χ1n) is 8.15. The predicted molar refractivity (Wildman–Crippen MR) is 91.6 cm³/mol. The normalized spacial score (nSPS) is 16.8. The van der Waals surface area contributed by atoms with Gasteiger partial charge in [0.2, 0.25) is 10.0 Å². The quantitative estimate of drug-likeness (QED) is 0.845. The summed E-state index contributed by atoms with van der Waals surface area (Å²) in [6, 6.07) is 5.26. The molecule has 6 heteroatoms. The minimum Gasteiger partial charge on any atom is -0.399 e. The highest BCUT2D eigenvalue weighted by molar-refractivity contribution is 7.89. The third-order valence-electron chi connectivity index (χ3n) is 4.25. The Labute approximate surface area is 134 Å². The van der Waals surface area contributed by atoms with Crippen LogP contribution < -0.4 is 10.6 Å². The molecule has 0 bridgehead atoms. The van der Waals surface area contributed by atoms with E-state index in [0.717, 1.165) is 31.6 Å². The van der Waals surface area contributed by atoms with Crippen LogP contribution in [0.4, 0.5) is 11.4 Å². The molecule has 1 fully saturated rings. The first-order chi connectivity index (χ1) is 10.5. The van der Waals surface area contributed by atoms with Crippen molar-refractivity contribution in [2.75, 3.05) is 36.8 Å². The van der Waals surface area contributed by atoms with Gasteiger partial charge in [-0.05, 0) is 31.0 Å². The standard InChI is InChI=1S/C16H27N3O2S/c1-3-19(4-2)22(20,21)16-13-14(17)9-10-15(16)18-11-7-5-6-8-12-18/h9-10,13H,3-8,11-12,17H2,1-2H3. The van der Waals surface area contributed by atoms with Crippen molar-refractivity contribution >= 4 is 21.4 Å². The molecule has 2 N–H and O–H groups in total. The third kappa shape index (κ3) is 3.55. The Morgan fingerprint density at radius 1 is 1.09 bits per heavy atom. The lowest BCUT2D eigenvalue weighted by Crippen LogP contribution is -2.33. The molecule has 0 radical (unpaired) electrons. The maximum atomic E-state index is 12.9. The van der Waals surface area contributed by atoms with E-state index in [1.807, 2.05) is 19.9 Å². The molecule has 1 heterocycles. The molecule has 0 saturated carbocycles. The van der Waals surface area contributed by atoms with Gasteiger partial charge in [0.15, 0.2) is 0 Å². The summed E-state index contributed by atoms with van der Waals surface area (Å²) in [5, 5.41) is 0. The van der Waals surface area contributed by atoms with Crippen molar-refractivity contribution in [3.8, 4) is 0 Å². The van der Waals surface area contributed by atoms with E-state index in [0.29, 0.717) is 23.7 Å². The van der Waals surface area contributed by atoms with E-state index >= 15 is 0 Å². The average molecular weight is 325 g/mol. The molecule has 0 atom stereocenters. The second-order valence-electron chi connectivity index (χ2n) is 5.72. The first kappa shape index (κ1) is 17.1. The lowest BCUT2D eigenvalue weighted by Gasteiger charge is -2.27. The number of nitrogen functional groups attached to an aromatic ring is 1. The van der Waals surface area contributed by atoms with E-state index in [2.05, 4.69) is 4.90 Å². The fourth-order valence-electron chi connectivity index (χ4n) is 3.01. The summed E-state index contributed by atoms with van der Waals surface area (Å²) in [4.78, 5) is 2.54. The molecule has 1 aromatic rings. The molecule has 0 aromatic heterocycles. The number of sulfonamides is 1. The number of nitrogens with two attached hydrogens (primary N) is 1. The fraction of sp³-hybridized carbons (Fsp3) is 0.625. The lowest BCUT2D eigenvalue weighted by atomic mass is 10.2. The monoisotopic (exact) mass is 325 g/mol. The molecule has 22 heavy (non-hydrogen) atoms. The van der Waals surface area contributed by atoms with Gasteiger partial charge in [-0.1, -0.05) is 26.7 Å². The second-order valence-corrected chi connectivity index (χ2v) is 7.62. The van der Waals surface area contributed by atoms with E-state index in [1.165, 1.54) is 17.1 Å². The molecule has 0 unspecified atom stereocenters.